The van der Waals surface area contributed by atoms with Gasteiger partial charge in [0.1, 0.15) is 5.75 Å². The van der Waals surface area contributed by atoms with Gasteiger partial charge < -0.3 is 14.7 Å². The van der Waals surface area contributed by atoms with Gasteiger partial charge >= 0.3 is 0 Å². The lowest BCUT2D eigenvalue weighted by Gasteiger charge is -2.26. The fourth-order valence-electron chi connectivity index (χ4n) is 3.33. The number of aliphatic imine (C=N–C) groups is 1. The van der Waals surface area contributed by atoms with Crippen LogP contribution < -0.4 is 4.90 Å². The summed E-state index contributed by atoms with van der Waals surface area (Å²) < 4.78 is 5.39. The van der Waals surface area contributed by atoms with Crippen LogP contribution in [0.4, 0.5) is 11.4 Å². The third kappa shape index (κ3) is 5.08. The third-order valence-electron chi connectivity index (χ3n) is 4.98. The summed E-state index contributed by atoms with van der Waals surface area (Å²) in [5, 5.41) is 10.6. The van der Waals surface area contributed by atoms with Crippen molar-refractivity contribution < 1.29 is 9.84 Å². The van der Waals surface area contributed by atoms with Gasteiger partial charge in [0.15, 0.2) is 0 Å². The zero-order chi connectivity index (χ0) is 19.1. The molecule has 1 aliphatic heterocycles. The molecule has 144 valence electrons. The highest BCUT2D eigenvalue weighted by molar-refractivity contribution is 5.86. The number of nitrogens with zero attached hydrogens (tertiary/aromatic N) is 3. The van der Waals surface area contributed by atoms with E-state index in [2.05, 4.69) is 40.8 Å². The van der Waals surface area contributed by atoms with E-state index in [-0.39, 0.29) is 0 Å². The number of phenolic OH excluding ortho intramolecular Hbond substituents is 1. The maximum absolute atomic E-state index is 10.6. The molecule has 0 aromatic heterocycles. The fraction of sp³-hybridized carbons (Fsp3) is 0.409. The number of benzene rings is 2. The molecule has 0 amide bonds. The summed E-state index contributed by atoms with van der Waals surface area (Å²) in [6.07, 6.45) is 1.74. The average molecular weight is 367 g/mol. The van der Waals surface area contributed by atoms with E-state index in [4.69, 9.17) is 4.74 Å². The summed E-state index contributed by atoms with van der Waals surface area (Å²) in [5.74, 6) is 0.313. The highest BCUT2D eigenvalue weighted by atomic mass is 16.5. The molecule has 5 heteroatoms. The number of para-hydroxylation sites is 1. The Bertz CT molecular complexity index is 749. The van der Waals surface area contributed by atoms with E-state index >= 15 is 0 Å². The van der Waals surface area contributed by atoms with Gasteiger partial charge in [0.05, 0.1) is 18.9 Å². The summed E-state index contributed by atoms with van der Waals surface area (Å²) in [7, 11) is 0. The molecule has 2 aromatic rings. The normalized spacial score (nSPS) is 15.3. The lowest BCUT2D eigenvalue weighted by atomic mass is 10.1. The molecule has 1 saturated heterocycles. The predicted octanol–water partition coefficient (Wildman–Crippen LogP) is 3.82. The van der Waals surface area contributed by atoms with Crippen molar-refractivity contribution in [1.29, 1.82) is 0 Å². The maximum atomic E-state index is 10.6. The zero-order valence-corrected chi connectivity index (χ0v) is 16.3. The van der Waals surface area contributed by atoms with Gasteiger partial charge in [-0.15, -0.1) is 0 Å². The van der Waals surface area contributed by atoms with E-state index in [1.54, 1.807) is 6.21 Å². The highest BCUT2D eigenvalue weighted by Gasteiger charge is 2.13. The fourth-order valence-corrected chi connectivity index (χ4v) is 3.33. The van der Waals surface area contributed by atoms with Crippen molar-refractivity contribution in [2.24, 2.45) is 4.99 Å². The Morgan fingerprint density at radius 2 is 1.78 bits per heavy atom. The van der Waals surface area contributed by atoms with Crippen LogP contribution in [0.3, 0.4) is 0 Å². The molecule has 1 N–H and O–H groups in total. The quantitative estimate of drug-likeness (QED) is 0.756. The molecule has 0 aliphatic carbocycles. The number of hydrogen-bond donors (Lipinski definition) is 1. The number of ether oxygens (including phenoxy) is 1. The summed E-state index contributed by atoms with van der Waals surface area (Å²) in [6.45, 7) is 10.3. The molecule has 2 aromatic carbocycles. The van der Waals surface area contributed by atoms with Crippen LogP contribution in [0, 0.1) is 0 Å². The predicted molar refractivity (Wildman–Crippen MR) is 111 cm³/mol. The van der Waals surface area contributed by atoms with E-state index in [9.17, 15) is 5.11 Å². The summed E-state index contributed by atoms with van der Waals surface area (Å²) >= 11 is 0. The smallest absolute Gasteiger partial charge is 0.128 e. The molecule has 5 nitrogen and oxygen atoms in total. The topological polar surface area (TPSA) is 48.3 Å². The first-order valence-electron chi connectivity index (χ1n) is 9.71. The van der Waals surface area contributed by atoms with Gasteiger partial charge in [-0.25, -0.2) is 0 Å². The monoisotopic (exact) mass is 367 g/mol. The molecule has 1 fully saturated rings. The number of phenols is 1. The minimum atomic E-state index is 0.313. The first-order valence-corrected chi connectivity index (χ1v) is 9.71. The van der Waals surface area contributed by atoms with Gasteiger partial charge in [0.25, 0.3) is 0 Å². The number of rotatable bonds is 7. The average Bonchev–Trinajstić information content (AvgIpc) is 2.71. The van der Waals surface area contributed by atoms with E-state index in [1.807, 2.05) is 30.3 Å². The minimum Gasteiger partial charge on any atom is -0.507 e. The van der Waals surface area contributed by atoms with E-state index in [1.165, 1.54) is 5.69 Å². The van der Waals surface area contributed by atoms with Crippen LogP contribution in [0.2, 0.25) is 0 Å². The van der Waals surface area contributed by atoms with Crippen molar-refractivity contribution >= 4 is 17.6 Å². The van der Waals surface area contributed by atoms with Crippen molar-refractivity contribution in [3.05, 3.63) is 53.6 Å². The van der Waals surface area contributed by atoms with Gasteiger partial charge in [0.2, 0.25) is 0 Å². The minimum absolute atomic E-state index is 0.313. The van der Waals surface area contributed by atoms with Crippen molar-refractivity contribution in [1.82, 2.24) is 4.90 Å². The molecular formula is C22H29N3O2. The maximum Gasteiger partial charge on any atom is 0.128 e. The molecule has 1 heterocycles. The first kappa shape index (κ1) is 19.4. The Hall–Kier alpha value is -2.37. The Labute approximate surface area is 161 Å². The lowest BCUT2D eigenvalue weighted by Crippen LogP contribution is -2.35. The highest BCUT2D eigenvalue weighted by Crippen LogP contribution is 2.24. The third-order valence-corrected chi connectivity index (χ3v) is 4.98. The van der Waals surface area contributed by atoms with Crippen LogP contribution in [0.15, 0.2) is 47.5 Å². The van der Waals surface area contributed by atoms with Gasteiger partial charge in [-0.2, -0.15) is 0 Å². The molecule has 1 aliphatic rings. The number of morpholine rings is 1. The van der Waals surface area contributed by atoms with E-state index < -0.39 is 0 Å². The zero-order valence-electron chi connectivity index (χ0n) is 16.3. The van der Waals surface area contributed by atoms with Crippen molar-refractivity contribution in [2.45, 2.75) is 20.4 Å². The number of anilines is 1. The molecular weight excluding hydrogens is 338 g/mol. The largest absolute Gasteiger partial charge is 0.507 e. The van der Waals surface area contributed by atoms with Crippen molar-refractivity contribution in [3.8, 4) is 5.75 Å². The molecule has 0 saturated carbocycles. The lowest BCUT2D eigenvalue weighted by molar-refractivity contribution is 0.0339. The van der Waals surface area contributed by atoms with Crippen LogP contribution >= 0.6 is 0 Å². The Morgan fingerprint density at radius 1 is 1.07 bits per heavy atom. The molecule has 0 atom stereocenters. The Kier molecular flexibility index (Phi) is 6.85. The number of hydrogen-bond acceptors (Lipinski definition) is 5. The second kappa shape index (κ2) is 9.53. The molecule has 27 heavy (non-hydrogen) atoms. The van der Waals surface area contributed by atoms with Crippen LogP contribution in [0.5, 0.6) is 5.75 Å². The number of aromatic hydroxyl groups is 1. The first-order chi connectivity index (χ1) is 13.2. The van der Waals surface area contributed by atoms with Crippen LogP contribution in [-0.4, -0.2) is 55.6 Å². The van der Waals surface area contributed by atoms with Gasteiger partial charge in [0, 0.05) is 55.8 Å². The standard InChI is InChI=1S/C22H29N3O2/c1-3-25(4-2)21-10-8-20(9-11-21)23-16-18-6-5-7-19(22(18)26)17-24-12-14-27-15-13-24/h5-11,16,26H,3-4,12-15,17H2,1-2H3. The van der Waals surface area contributed by atoms with Crippen molar-refractivity contribution in [3.63, 3.8) is 0 Å². The van der Waals surface area contributed by atoms with Gasteiger partial charge in [-0.1, -0.05) is 12.1 Å². The summed E-state index contributed by atoms with van der Waals surface area (Å²) in [4.78, 5) is 9.14. The molecule has 0 spiro atoms. The Morgan fingerprint density at radius 3 is 2.44 bits per heavy atom. The van der Waals surface area contributed by atoms with Crippen LogP contribution in [0.25, 0.3) is 0 Å². The van der Waals surface area contributed by atoms with Gasteiger partial charge in [-0.05, 0) is 44.2 Å². The van der Waals surface area contributed by atoms with Gasteiger partial charge in [-0.3, -0.25) is 9.89 Å². The van der Waals surface area contributed by atoms with Crippen LogP contribution in [-0.2, 0) is 11.3 Å². The second-order valence-electron chi connectivity index (χ2n) is 6.69. The Balaban J connectivity index is 1.70. The van der Waals surface area contributed by atoms with Crippen LogP contribution in [0.1, 0.15) is 25.0 Å². The van der Waals surface area contributed by atoms with Crippen molar-refractivity contribution in [2.75, 3.05) is 44.3 Å². The molecule has 0 unspecified atom stereocenters. The molecule has 3 rings (SSSR count). The summed E-state index contributed by atoms with van der Waals surface area (Å²) in [5.41, 5.74) is 3.75. The van der Waals surface area contributed by atoms with E-state index in [0.717, 1.165) is 62.8 Å². The second-order valence-corrected chi connectivity index (χ2v) is 6.69. The molecule has 0 bridgehead atoms. The summed E-state index contributed by atoms with van der Waals surface area (Å²) in [6, 6.07) is 14.0. The van der Waals surface area contributed by atoms with E-state index in [0.29, 0.717) is 5.75 Å². The SMILES string of the molecule is CCN(CC)c1ccc(N=Cc2cccc(CN3CCOCC3)c2O)cc1. The molecule has 0 radical (unpaired) electrons.